The van der Waals surface area contributed by atoms with Gasteiger partial charge < -0.3 is 15.2 Å². The van der Waals surface area contributed by atoms with Crippen molar-refractivity contribution in [3.05, 3.63) is 12.7 Å². The molecule has 0 aliphatic rings. The third kappa shape index (κ3) is 5.86. The van der Waals surface area contributed by atoms with Gasteiger partial charge in [0, 0.05) is 0 Å². The van der Waals surface area contributed by atoms with Crippen molar-refractivity contribution in [3.8, 4) is 0 Å². The van der Waals surface area contributed by atoms with Gasteiger partial charge in [-0.2, -0.15) is 0 Å². The highest BCUT2D eigenvalue weighted by Gasteiger charge is 2.12. The molecule has 0 saturated carbocycles. The van der Waals surface area contributed by atoms with Gasteiger partial charge in [-0.3, -0.25) is 9.59 Å². The minimum atomic E-state index is -1.08. The summed E-state index contributed by atoms with van der Waals surface area (Å²) in [6.45, 7) is 4.83. The number of hydrogen-bond acceptors (Lipinski definition) is 3. The van der Waals surface area contributed by atoms with Crippen LogP contribution in [0.1, 0.15) is 6.92 Å². The van der Waals surface area contributed by atoms with E-state index in [0.29, 0.717) is 0 Å². The van der Waals surface area contributed by atoms with Crippen molar-refractivity contribution < 1.29 is 19.4 Å². The Bertz CT molecular complexity index is 202. The molecular weight excluding hydrogens is 174 g/mol. The Balaban J connectivity index is 3.68. The molecule has 2 N–H and O–H groups in total. The van der Waals surface area contributed by atoms with Crippen molar-refractivity contribution >= 4 is 11.9 Å². The maximum atomic E-state index is 11.0. The smallest absolute Gasteiger partial charge is 0.322 e. The zero-order chi connectivity index (χ0) is 10.3. The molecule has 0 bridgehead atoms. The Hall–Kier alpha value is -1.36. The SMILES string of the molecule is C=CCOC(C)C(=O)NCC(=O)O. The molecule has 0 aliphatic carbocycles. The topological polar surface area (TPSA) is 75.6 Å². The second-order valence-corrected chi connectivity index (χ2v) is 2.38. The first-order valence-corrected chi connectivity index (χ1v) is 3.80. The average molecular weight is 187 g/mol. The first-order valence-electron chi connectivity index (χ1n) is 3.80. The summed E-state index contributed by atoms with van der Waals surface area (Å²) in [7, 11) is 0. The molecule has 5 heteroatoms. The Kier molecular flexibility index (Phi) is 5.54. The Morgan fingerprint density at radius 1 is 1.69 bits per heavy atom. The number of carboxylic acid groups (broad SMARTS) is 1. The maximum absolute atomic E-state index is 11.0. The number of nitrogens with one attached hydrogen (secondary N) is 1. The van der Waals surface area contributed by atoms with E-state index in [0.717, 1.165) is 0 Å². The summed E-state index contributed by atoms with van der Waals surface area (Å²) < 4.78 is 4.96. The maximum Gasteiger partial charge on any atom is 0.322 e. The van der Waals surface area contributed by atoms with E-state index in [2.05, 4.69) is 11.9 Å². The molecule has 0 heterocycles. The fourth-order valence-corrected chi connectivity index (χ4v) is 0.595. The summed E-state index contributed by atoms with van der Waals surface area (Å²) >= 11 is 0. The number of amides is 1. The predicted octanol–water partition coefficient (Wildman–Crippen LogP) is -0.222. The summed E-state index contributed by atoms with van der Waals surface area (Å²) in [4.78, 5) is 21.1. The van der Waals surface area contributed by atoms with E-state index in [1.807, 2.05) is 0 Å². The van der Waals surface area contributed by atoms with Gasteiger partial charge in [0.25, 0.3) is 0 Å². The van der Waals surface area contributed by atoms with E-state index in [-0.39, 0.29) is 13.2 Å². The molecule has 0 aromatic rings. The van der Waals surface area contributed by atoms with Gasteiger partial charge in [0.15, 0.2) is 0 Å². The predicted molar refractivity (Wildman–Crippen MR) is 46.3 cm³/mol. The highest BCUT2D eigenvalue weighted by Crippen LogP contribution is 1.90. The van der Waals surface area contributed by atoms with E-state index in [9.17, 15) is 9.59 Å². The van der Waals surface area contributed by atoms with Gasteiger partial charge in [-0.15, -0.1) is 6.58 Å². The number of rotatable bonds is 6. The molecule has 0 spiro atoms. The number of ether oxygens (including phenoxy) is 1. The zero-order valence-electron chi connectivity index (χ0n) is 7.45. The number of carbonyl (C=O) groups excluding carboxylic acids is 1. The number of hydrogen-bond donors (Lipinski definition) is 2. The molecule has 5 nitrogen and oxygen atoms in total. The molecule has 1 unspecified atom stereocenters. The average Bonchev–Trinajstić information content (AvgIpc) is 2.10. The van der Waals surface area contributed by atoms with Gasteiger partial charge in [0.05, 0.1) is 6.61 Å². The van der Waals surface area contributed by atoms with Crippen LogP contribution in [-0.4, -0.2) is 36.2 Å². The van der Waals surface area contributed by atoms with Gasteiger partial charge in [-0.1, -0.05) is 6.08 Å². The molecular formula is C8H13NO4. The van der Waals surface area contributed by atoms with Crippen LogP contribution < -0.4 is 5.32 Å². The zero-order valence-corrected chi connectivity index (χ0v) is 7.45. The molecule has 74 valence electrons. The first kappa shape index (κ1) is 11.6. The van der Waals surface area contributed by atoms with Crippen LogP contribution in [0.15, 0.2) is 12.7 Å². The summed E-state index contributed by atoms with van der Waals surface area (Å²) in [6.07, 6.45) is 0.860. The largest absolute Gasteiger partial charge is 0.480 e. The summed E-state index contributed by atoms with van der Waals surface area (Å²) in [6, 6.07) is 0. The van der Waals surface area contributed by atoms with Crippen LogP contribution in [0.5, 0.6) is 0 Å². The Labute approximate surface area is 76.4 Å². The molecule has 0 aromatic heterocycles. The second-order valence-electron chi connectivity index (χ2n) is 2.38. The van der Waals surface area contributed by atoms with Crippen LogP contribution in [-0.2, 0) is 14.3 Å². The van der Waals surface area contributed by atoms with Crippen molar-refractivity contribution in [1.82, 2.24) is 5.32 Å². The van der Waals surface area contributed by atoms with Crippen LogP contribution in [0.4, 0.5) is 0 Å². The molecule has 0 rings (SSSR count). The van der Waals surface area contributed by atoms with Crippen LogP contribution in [0.25, 0.3) is 0 Å². The van der Waals surface area contributed by atoms with E-state index < -0.39 is 18.0 Å². The summed E-state index contributed by atoms with van der Waals surface area (Å²) in [5.41, 5.74) is 0. The fourth-order valence-electron chi connectivity index (χ4n) is 0.595. The van der Waals surface area contributed by atoms with E-state index in [1.54, 1.807) is 6.92 Å². The summed E-state index contributed by atoms with van der Waals surface area (Å²) in [5, 5.41) is 10.4. The van der Waals surface area contributed by atoms with Gasteiger partial charge in [-0.05, 0) is 6.92 Å². The molecule has 0 fully saturated rings. The fraction of sp³-hybridized carbons (Fsp3) is 0.500. The van der Waals surface area contributed by atoms with Gasteiger partial charge >= 0.3 is 5.97 Å². The standard InChI is InChI=1S/C8H13NO4/c1-3-4-13-6(2)8(12)9-5-7(10)11/h3,6H,1,4-5H2,2H3,(H,9,12)(H,10,11). The number of carbonyl (C=O) groups is 2. The molecule has 1 amide bonds. The molecule has 0 radical (unpaired) electrons. The van der Waals surface area contributed by atoms with E-state index in [1.165, 1.54) is 6.08 Å². The van der Waals surface area contributed by atoms with E-state index >= 15 is 0 Å². The van der Waals surface area contributed by atoms with Crippen LogP contribution >= 0.6 is 0 Å². The lowest BCUT2D eigenvalue weighted by atomic mass is 10.4. The van der Waals surface area contributed by atoms with Crippen molar-refractivity contribution in [2.45, 2.75) is 13.0 Å². The third-order valence-electron chi connectivity index (χ3n) is 1.25. The molecule has 0 aliphatic heterocycles. The van der Waals surface area contributed by atoms with Gasteiger partial charge in [0.1, 0.15) is 12.6 Å². The molecule has 0 saturated heterocycles. The van der Waals surface area contributed by atoms with Crippen molar-refractivity contribution in [2.75, 3.05) is 13.2 Å². The lowest BCUT2D eigenvalue weighted by molar-refractivity contribution is -0.140. The second kappa shape index (κ2) is 6.19. The van der Waals surface area contributed by atoms with Crippen LogP contribution in [0.3, 0.4) is 0 Å². The molecule has 0 aromatic carbocycles. The molecule has 1 atom stereocenters. The van der Waals surface area contributed by atoms with E-state index in [4.69, 9.17) is 9.84 Å². The minimum Gasteiger partial charge on any atom is -0.480 e. The van der Waals surface area contributed by atoms with Crippen LogP contribution in [0, 0.1) is 0 Å². The van der Waals surface area contributed by atoms with Crippen LogP contribution in [0.2, 0.25) is 0 Å². The Morgan fingerprint density at radius 3 is 2.77 bits per heavy atom. The lowest BCUT2D eigenvalue weighted by Gasteiger charge is -2.10. The van der Waals surface area contributed by atoms with Gasteiger partial charge in [0.2, 0.25) is 5.91 Å². The lowest BCUT2D eigenvalue weighted by Crippen LogP contribution is -2.37. The van der Waals surface area contributed by atoms with Gasteiger partial charge in [-0.25, -0.2) is 0 Å². The van der Waals surface area contributed by atoms with Crippen molar-refractivity contribution in [3.63, 3.8) is 0 Å². The highest BCUT2D eigenvalue weighted by molar-refractivity contribution is 5.84. The van der Waals surface area contributed by atoms with Crippen molar-refractivity contribution in [2.24, 2.45) is 0 Å². The summed E-state index contributed by atoms with van der Waals surface area (Å²) in [5.74, 6) is -1.52. The third-order valence-corrected chi connectivity index (χ3v) is 1.25. The number of aliphatic carboxylic acids is 1. The normalized spacial score (nSPS) is 11.8. The quantitative estimate of drug-likeness (QED) is 0.563. The monoisotopic (exact) mass is 187 g/mol. The van der Waals surface area contributed by atoms with Crippen molar-refractivity contribution in [1.29, 1.82) is 0 Å². The minimum absolute atomic E-state index is 0.266. The number of carboxylic acids is 1. The first-order chi connectivity index (χ1) is 6.07. The highest BCUT2D eigenvalue weighted by atomic mass is 16.5. The molecule has 13 heavy (non-hydrogen) atoms. The Morgan fingerprint density at radius 2 is 2.31 bits per heavy atom.